The second kappa shape index (κ2) is 5.11. The van der Waals surface area contributed by atoms with Gasteiger partial charge in [-0.2, -0.15) is 0 Å². The number of anilines is 2. The molecule has 0 bridgehead atoms. The lowest BCUT2D eigenvalue weighted by atomic mass is 10.3. The molecule has 0 aliphatic heterocycles. The van der Waals surface area contributed by atoms with Gasteiger partial charge in [-0.1, -0.05) is 23.2 Å². The van der Waals surface area contributed by atoms with E-state index in [1.807, 2.05) is 0 Å². The Morgan fingerprint density at radius 1 is 1.05 bits per heavy atom. The van der Waals surface area contributed by atoms with Crippen molar-refractivity contribution in [3.63, 3.8) is 0 Å². The van der Waals surface area contributed by atoms with Gasteiger partial charge in [0.25, 0.3) is 5.56 Å². The van der Waals surface area contributed by atoms with Crippen molar-refractivity contribution in [1.29, 1.82) is 0 Å². The third kappa shape index (κ3) is 2.67. The van der Waals surface area contributed by atoms with Crippen molar-refractivity contribution in [3.05, 3.63) is 55.1 Å². The molecule has 1 heterocycles. The van der Waals surface area contributed by atoms with E-state index in [2.05, 4.69) is 5.32 Å². The quantitative estimate of drug-likeness (QED) is 0.924. The van der Waals surface area contributed by atoms with E-state index in [0.29, 0.717) is 21.6 Å². The molecule has 0 atom stereocenters. The van der Waals surface area contributed by atoms with Crippen molar-refractivity contribution in [1.82, 2.24) is 9.13 Å². The molecule has 0 spiro atoms. The lowest BCUT2D eigenvalue weighted by molar-refractivity contribution is 0.693. The zero-order valence-corrected chi connectivity index (χ0v) is 11.8. The Morgan fingerprint density at radius 2 is 1.74 bits per heavy atom. The van der Waals surface area contributed by atoms with Crippen LogP contribution in [-0.2, 0) is 14.1 Å². The fourth-order valence-corrected chi connectivity index (χ4v) is 1.92. The van der Waals surface area contributed by atoms with Crippen LogP contribution in [0.2, 0.25) is 10.0 Å². The van der Waals surface area contributed by atoms with Crippen LogP contribution in [0.3, 0.4) is 0 Å². The van der Waals surface area contributed by atoms with Gasteiger partial charge in [-0.3, -0.25) is 13.9 Å². The Bertz CT molecular complexity index is 750. The van der Waals surface area contributed by atoms with Crippen LogP contribution in [0.1, 0.15) is 0 Å². The first-order valence-electron chi connectivity index (χ1n) is 5.39. The summed E-state index contributed by atoms with van der Waals surface area (Å²) < 4.78 is 2.34. The molecule has 1 aromatic heterocycles. The maximum atomic E-state index is 11.8. The zero-order chi connectivity index (χ0) is 14.2. The average molecular weight is 300 g/mol. The van der Waals surface area contributed by atoms with Gasteiger partial charge in [-0.15, -0.1) is 0 Å². The van der Waals surface area contributed by atoms with E-state index in [9.17, 15) is 9.59 Å². The molecule has 0 unspecified atom stereocenters. The molecular weight excluding hydrogens is 289 g/mol. The number of halogens is 2. The summed E-state index contributed by atoms with van der Waals surface area (Å²) in [6.45, 7) is 0. The van der Waals surface area contributed by atoms with Crippen LogP contribution in [0.25, 0.3) is 0 Å². The molecule has 0 saturated carbocycles. The summed E-state index contributed by atoms with van der Waals surface area (Å²) in [6.07, 6.45) is 0. The van der Waals surface area contributed by atoms with Crippen LogP contribution < -0.4 is 16.6 Å². The minimum Gasteiger partial charge on any atom is -0.340 e. The third-order valence-corrected chi connectivity index (χ3v) is 3.28. The molecule has 1 N–H and O–H groups in total. The highest BCUT2D eigenvalue weighted by Gasteiger charge is 2.08. The fourth-order valence-electron chi connectivity index (χ4n) is 1.58. The molecular formula is C12H11Cl2N3O2. The molecule has 2 aromatic rings. The SMILES string of the molecule is Cn1c(Nc2cc(Cl)ccc2Cl)cc(=O)n(C)c1=O. The lowest BCUT2D eigenvalue weighted by Crippen LogP contribution is -2.37. The summed E-state index contributed by atoms with van der Waals surface area (Å²) >= 11 is 11.9. The van der Waals surface area contributed by atoms with Crippen molar-refractivity contribution < 1.29 is 0 Å². The van der Waals surface area contributed by atoms with Gasteiger partial charge in [0.2, 0.25) is 0 Å². The van der Waals surface area contributed by atoms with Crippen LogP contribution in [0.5, 0.6) is 0 Å². The number of hydrogen-bond acceptors (Lipinski definition) is 3. The highest BCUT2D eigenvalue weighted by atomic mass is 35.5. The van der Waals surface area contributed by atoms with Gasteiger partial charge in [0.1, 0.15) is 5.82 Å². The van der Waals surface area contributed by atoms with E-state index < -0.39 is 11.2 Å². The highest BCUT2D eigenvalue weighted by molar-refractivity contribution is 6.35. The first-order chi connectivity index (χ1) is 8.90. The standard InChI is InChI=1S/C12H11Cl2N3O2/c1-16-10(6-11(18)17(2)12(16)19)15-9-5-7(13)3-4-8(9)14/h3-6,15H,1-2H3. The predicted molar refractivity (Wildman–Crippen MR) is 76.7 cm³/mol. The van der Waals surface area contributed by atoms with Crippen LogP contribution in [0.15, 0.2) is 33.9 Å². The smallest absolute Gasteiger partial charge is 0.332 e. The molecule has 2 rings (SSSR count). The Kier molecular flexibility index (Phi) is 3.68. The molecule has 100 valence electrons. The van der Waals surface area contributed by atoms with Crippen LogP contribution >= 0.6 is 23.2 Å². The van der Waals surface area contributed by atoms with Crippen LogP contribution in [-0.4, -0.2) is 9.13 Å². The molecule has 7 heteroatoms. The van der Waals surface area contributed by atoms with Crippen molar-refractivity contribution in [2.45, 2.75) is 0 Å². The van der Waals surface area contributed by atoms with Crippen molar-refractivity contribution in [3.8, 4) is 0 Å². The van der Waals surface area contributed by atoms with E-state index in [-0.39, 0.29) is 0 Å². The molecule has 19 heavy (non-hydrogen) atoms. The van der Waals surface area contributed by atoms with Gasteiger partial charge < -0.3 is 5.32 Å². The number of hydrogen-bond donors (Lipinski definition) is 1. The Balaban J connectivity index is 2.53. The molecule has 5 nitrogen and oxygen atoms in total. The first kappa shape index (κ1) is 13.7. The Hall–Kier alpha value is -1.72. The third-order valence-electron chi connectivity index (χ3n) is 2.72. The maximum Gasteiger partial charge on any atom is 0.332 e. The molecule has 1 aromatic carbocycles. The second-order valence-corrected chi connectivity index (χ2v) is 4.86. The van der Waals surface area contributed by atoms with E-state index in [1.54, 1.807) is 25.2 Å². The predicted octanol–water partition coefficient (Wildman–Crippen LogP) is 2.13. The number of nitrogens with zero attached hydrogens (tertiary/aromatic N) is 2. The normalized spacial score (nSPS) is 10.5. The van der Waals surface area contributed by atoms with Gasteiger partial charge >= 0.3 is 5.69 Å². The van der Waals surface area contributed by atoms with Crippen molar-refractivity contribution >= 4 is 34.7 Å². The van der Waals surface area contributed by atoms with E-state index in [0.717, 1.165) is 4.57 Å². The minimum absolute atomic E-state index is 0.345. The molecule has 0 amide bonds. The van der Waals surface area contributed by atoms with Crippen LogP contribution in [0.4, 0.5) is 11.5 Å². The summed E-state index contributed by atoms with van der Waals surface area (Å²) in [4.78, 5) is 23.4. The van der Waals surface area contributed by atoms with Gasteiger partial charge in [-0.05, 0) is 18.2 Å². The molecule has 0 fully saturated rings. The highest BCUT2D eigenvalue weighted by Crippen LogP contribution is 2.27. The minimum atomic E-state index is -0.423. The number of nitrogens with one attached hydrogen (secondary N) is 1. The number of benzene rings is 1. The zero-order valence-electron chi connectivity index (χ0n) is 10.3. The summed E-state index contributed by atoms with van der Waals surface area (Å²) in [6, 6.07) is 6.22. The van der Waals surface area contributed by atoms with E-state index >= 15 is 0 Å². The monoisotopic (exact) mass is 299 g/mol. The summed E-state index contributed by atoms with van der Waals surface area (Å²) in [5.74, 6) is 0.345. The Labute approximate surface area is 119 Å². The number of rotatable bonds is 2. The average Bonchev–Trinajstić information content (AvgIpc) is 2.37. The summed E-state index contributed by atoms with van der Waals surface area (Å²) in [7, 11) is 2.98. The molecule has 0 radical (unpaired) electrons. The van der Waals surface area contributed by atoms with Gasteiger partial charge in [0.05, 0.1) is 10.7 Å². The van der Waals surface area contributed by atoms with Gasteiger partial charge in [-0.25, -0.2) is 4.79 Å². The molecule has 0 saturated heterocycles. The number of aromatic nitrogens is 2. The van der Waals surface area contributed by atoms with Gasteiger partial charge in [0, 0.05) is 25.2 Å². The summed E-state index contributed by atoms with van der Waals surface area (Å²) in [5, 5.41) is 3.87. The molecule has 0 aliphatic carbocycles. The van der Waals surface area contributed by atoms with Crippen molar-refractivity contribution in [2.24, 2.45) is 14.1 Å². The largest absolute Gasteiger partial charge is 0.340 e. The Morgan fingerprint density at radius 3 is 2.42 bits per heavy atom. The first-order valence-corrected chi connectivity index (χ1v) is 6.15. The maximum absolute atomic E-state index is 11.8. The molecule has 0 aliphatic rings. The van der Waals surface area contributed by atoms with Gasteiger partial charge in [0.15, 0.2) is 0 Å². The van der Waals surface area contributed by atoms with Crippen LogP contribution in [0, 0.1) is 0 Å². The van der Waals surface area contributed by atoms with Crippen molar-refractivity contribution in [2.75, 3.05) is 5.32 Å². The van der Waals surface area contributed by atoms with E-state index in [1.165, 1.54) is 17.7 Å². The second-order valence-electron chi connectivity index (χ2n) is 4.02. The van der Waals surface area contributed by atoms with E-state index in [4.69, 9.17) is 23.2 Å². The summed E-state index contributed by atoms with van der Waals surface area (Å²) in [5.41, 5.74) is -0.297. The lowest BCUT2D eigenvalue weighted by Gasteiger charge is -2.13. The fraction of sp³-hybridized carbons (Fsp3) is 0.167. The topological polar surface area (TPSA) is 56.0 Å².